The van der Waals surface area contributed by atoms with E-state index in [1.54, 1.807) is 6.20 Å². The van der Waals surface area contributed by atoms with Crippen molar-refractivity contribution >= 4 is 17.1 Å². The topological polar surface area (TPSA) is 60.1 Å². The van der Waals surface area contributed by atoms with Crippen molar-refractivity contribution in [1.82, 2.24) is 19.0 Å². The fourth-order valence-electron chi connectivity index (χ4n) is 5.50. The third kappa shape index (κ3) is 3.98. The van der Waals surface area contributed by atoms with Crippen LogP contribution in [-0.2, 0) is 17.8 Å². The van der Waals surface area contributed by atoms with E-state index >= 15 is 0 Å². The number of benzene rings is 1. The van der Waals surface area contributed by atoms with Crippen LogP contribution in [0.2, 0.25) is 0 Å². The Balaban J connectivity index is 1.38. The zero-order valence-electron chi connectivity index (χ0n) is 18.9. The number of aryl methyl sites for hydroxylation is 1. The molecule has 1 amide bonds. The second-order valence-electron chi connectivity index (χ2n) is 9.50. The van der Waals surface area contributed by atoms with E-state index in [4.69, 9.17) is 0 Å². The molecule has 168 valence electrons. The van der Waals surface area contributed by atoms with Gasteiger partial charge in [0.2, 0.25) is 5.91 Å². The van der Waals surface area contributed by atoms with Crippen molar-refractivity contribution in [2.75, 3.05) is 13.1 Å². The van der Waals surface area contributed by atoms with Crippen LogP contribution < -0.4 is 5.69 Å². The number of carbonyl (C=O) groups excluding carboxylic acids is 1. The monoisotopic (exact) mass is 432 g/mol. The summed E-state index contributed by atoms with van der Waals surface area (Å²) in [4.78, 5) is 33.0. The summed E-state index contributed by atoms with van der Waals surface area (Å²) < 4.78 is 3.80. The van der Waals surface area contributed by atoms with E-state index in [0.717, 1.165) is 35.3 Å². The highest BCUT2D eigenvalue weighted by atomic mass is 16.2. The fraction of sp³-hybridized carbons (Fsp3) is 0.500. The van der Waals surface area contributed by atoms with E-state index < -0.39 is 0 Å². The lowest BCUT2D eigenvalue weighted by Crippen LogP contribution is -2.33. The molecule has 3 aromatic rings. The summed E-state index contributed by atoms with van der Waals surface area (Å²) in [5.41, 5.74) is 3.92. The van der Waals surface area contributed by atoms with Crippen molar-refractivity contribution in [1.29, 1.82) is 0 Å². The fourth-order valence-corrected chi connectivity index (χ4v) is 5.50. The second-order valence-corrected chi connectivity index (χ2v) is 9.50. The van der Waals surface area contributed by atoms with Crippen molar-refractivity contribution in [3.05, 3.63) is 64.2 Å². The first-order valence-corrected chi connectivity index (χ1v) is 12.0. The van der Waals surface area contributed by atoms with Gasteiger partial charge in [-0.3, -0.25) is 13.9 Å². The summed E-state index contributed by atoms with van der Waals surface area (Å²) in [5.74, 6) is 0.699. The third-order valence-corrected chi connectivity index (χ3v) is 7.37. The average Bonchev–Trinajstić information content (AvgIpc) is 3.39. The number of amides is 1. The third-order valence-electron chi connectivity index (χ3n) is 7.37. The first kappa shape index (κ1) is 21.0. The minimum Gasteiger partial charge on any atom is -0.340 e. The molecular weight excluding hydrogens is 400 g/mol. The van der Waals surface area contributed by atoms with E-state index in [1.165, 1.54) is 32.1 Å². The predicted octanol–water partition coefficient (Wildman–Crippen LogP) is 4.10. The number of hydrogen-bond acceptors (Lipinski definition) is 3. The molecule has 0 radical (unpaired) electrons. The minimum absolute atomic E-state index is 0.0201. The molecule has 1 aliphatic heterocycles. The van der Waals surface area contributed by atoms with Crippen LogP contribution in [0.1, 0.15) is 55.7 Å². The lowest BCUT2D eigenvalue weighted by atomic mass is 9.89. The number of aromatic nitrogens is 3. The molecule has 0 bridgehead atoms. The molecule has 0 unspecified atom stereocenters. The van der Waals surface area contributed by atoms with Crippen LogP contribution in [0.25, 0.3) is 11.2 Å². The van der Waals surface area contributed by atoms with Crippen LogP contribution in [0.5, 0.6) is 0 Å². The zero-order chi connectivity index (χ0) is 22.1. The largest absolute Gasteiger partial charge is 0.340 e. The van der Waals surface area contributed by atoms with Crippen LogP contribution in [0.4, 0.5) is 0 Å². The van der Waals surface area contributed by atoms with Gasteiger partial charge in [0.1, 0.15) is 0 Å². The molecule has 1 saturated carbocycles. The highest BCUT2D eigenvalue weighted by molar-refractivity contribution is 5.79. The lowest BCUT2D eigenvalue weighted by Gasteiger charge is -2.21. The van der Waals surface area contributed by atoms with E-state index in [-0.39, 0.29) is 17.6 Å². The standard InChI is InChI=1S/C26H32N4O2/c1-19-8-5-6-11-21(19)16-24(31)28-15-13-22(18-28)30-25-23(12-7-14-27-25)29(26(30)32)17-20-9-3-2-4-10-20/h5-8,11-12,14,20,22H,2-4,9-10,13,15-18H2,1H3/t22-/m1/s1. The van der Waals surface area contributed by atoms with E-state index in [1.807, 2.05) is 57.4 Å². The Hall–Kier alpha value is -2.89. The van der Waals surface area contributed by atoms with Gasteiger partial charge in [-0.2, -0.15) is 0 Å². The molecule has 2 fully saturated rings. The Kier molecular flexibility index (Phi) is 5.85. The molecule has 6 nitrogen and oxygen atoms in total. The van der Waals surface area contributed by atoms with Gasteiger partial charge in [0, 0.05) is 25.8 Å². The molecule has 32 heavy (non-hydrogen) atoms. The molecule has 3 heterocycles. The quantitative estimate of drug-likeness (QED) is 0.610. The molecule has 0 spiro atoms. The average molecular weight is 433 g/mol. The predicted molar refractivity (Wildman–Crippen MR) is 126 cm³/mol. The number of imidazole rings is 1. The van der Waals surface area contributed by atoms with Crippen molar-refractivity contribution in [3.63, 3.8) is 0 Å². The molecule has 1 aromatic carbocycles. The molecule has 6 heteroatoms. The van der Waals surface area contributed by atoms with Gasteiger partial charge in [-0.25, -0.2) is 9.78 Å². The van der Waals surface area contributed by atoms with Gasteiger partial charge in [0.05, 0.1) is 18.0 Å². The van der Waals surface area contributed by atoms with Gasteiger partial charge >= 0.3 is 5.69 Å². The normalized spacial score (nSPS) is 19.7. The first-order chi connectivity index (χ1) is 15.6. The number of nitrogens with zero attached hydrogens (tertiary/aromatic N) is 4. The van der Waals surface area contributed by atoms with Crippen molar-refractivity contribution < 1.29 is 4.79 Å². The molecule has 2 aliphatic rings. The lowest BCUT2D eigenvalue weighted by molar-refractivity contribution is -0.129. The molecule has 0 N–H and O–H groups in total. The number of carbonyl (C=O) groups is 1. The second kappa shape index (κ2) is 8.93. The van der Waals surface area contributed by atoms with Crippen LogP contribution in [0.15, 0.2) is 47.4 Å². The van der Waals surface area contributed by atoms with E-state index in [0.29, 0.717) is 25.4 Å². The maximum atomic E-state index is 13.5. The van der Waals surface area contributed by atoms with Crippen LogP contribution in [-0.4, -0.2) is 38.0 Å². The number of likely N-dealkylation sites (tertiary alicyclic amines) is 1. The van der Waals surface area contributed by atoms with Crippen LogP contribution >= 0.6 is 0 Å². The summed E-state index contributed by atoms with van der Waals surface area (Å²) in [6.07, 6.45) is 9.19. The Morgan fingerprint density at radius 2 is 1.88 bits per heavy atom. The Morgan fingerprint density at radius 1 is 1.06 bits per heavy atom. The molecule has 1 atom stereocenters. The SMILES string of the molecule is Cc1ccccc1CC(=O)N1CC[C@@H](n2c(=O)n(CC3CCCCC3)c3cccnc32)C1. The van der Waals surface area contributed by atoms with E-state index in [9.17, 15) is 9.59 Å². The molecule has 2 aromatic heterocycles. The zero-order valence-corrected chi connectivity index (χ0v) is 18.9. The van der Waals surface area contributed by atoms with Gasteiger partial charge in [-0.05, 0) is 55.4 Å². The molecule has 5 rings (SSSR count). The summed E-state index contributed by atoms with van der Waals surface area (Å²) in [7, 11) is 0. The molecular formula is C26H32N4O2. The number of fused-ring (bicyclic) bond motifs is 1. The van der Waals surface area contributed by atoms with Crippen molar-refractivity contribution in [2.45, 2.75) is 64.5 Å². The van der Waals surface area contributed by atoms with Gasteiger partial charge in [0.25, 0.3) is 0 Å². The van der Waals surface area contributed by atoms with Crippen LogP contribution in [0, 0.1) is 12.8 Å². The highest BCUT2D eigenvalue weighted by Gasteiger charge is 2.31. The Morgan fingerprint density at radius 3 is 2.69 bits per heavy atom. The van der Waals surface area contributed by atoms with Gasteiger partial charge in [0.15, 0.2) is 5.65 Å². The van der Waals surface area contributed by atoms with E-state index in [2.05, 4.69) is 4.98 Å². The highest BCUT2D eigenvalue weighted by Crippen LogP contribution is 2.28. The first-order valence-electron chi connectivity index (χ1n) is 12.0. The number of hydrogen-bond donors (Lipinski definition) is 0. The Labute approximate surface area is 188 Å². The number of pyridine rings is 1. The molecule has 1 aliphatic carbocycles. The summed E-state index contributed by atoms with van der Waals surface area (Å²) in [6.45, 7) is 4.08. The van der Waals surface area contributed by atoms with Gasteiger partial charge < -0.3 is 4.90 Å². The van der Waals surface area contributed by atoms with Crippen molar-refractivity contribution in [2.24, 2.45) is 5.92 Å². The summed E-state index contributed by atoms with van der Waals surface area (Å²) in [5, 5.41) is 0. The Bertz CT molecular complexity index is 1170. The minimum atomic E-state index is -0.0201. The smallest absolute Gasteiger partial charge is 0.330 e. The van der Waals surface area contributed by atoms with Gasteiger partial charge in [-0.15, -0.1) is 0 Å². The van der Waals surface area contributed by atoms with Crippen molar-refractivity contribution in [3.8, 4) is 0 Å². The maximum absolute atomic E-state index is 13.5. The van der Waals surface area contributed by atoms with Gasteiger partial charge in [-0.1, -0.05) is 43.5 Å². The maximum Gasteiger partial charge on any atom is 0.330 e. The summed E-state index contributed by atoms with van der Waals surface area (Å²) in [6, 6.07) is 11.9. The summed E-state index contributed by atoms with van der Waals surface area (Å²) >= 11 is 0. The molecule has 1 saturated heterocycles. The number of rotatable bonds is 5. The van der Waals surface area contributed by atoms with Crippen LogP contribution in [0.3, 0.4) is 0 Å².